The second kappa shape index (κ2) is 15.9. The summed E-state index contributed by atoms with van der Waals surface area (Å²) in [7, 11) is 0. The third kappa shape index (κ3) is 12.3. The molecule has 1 aliphatic rings. The summed E-state index contributed by atoms with van der Waals surface area (Å²) in [5.41, 5.74) is 0. The zero-order valence-electron chi connectivity index (χ0n) is 17.5. The lowest BCUT2D eigenvalue weighted by Crippen LogP contribution is -2.41. The Morgan fingerprint density at radius 1 is 1.12 bits per heavy atom. The van der Waals surface area contributed by atoms with Crippen molar-refractivity contribution in [3.8, 4) is 0 Å². The largest absolute Gasteiger partial charge is 0.396 e. The van der Waals surface area contributed by atoms with Gasteiger partial charge in [0.2, 0.25) is 0 Å². The fourth-order valence-electron chi connectivity index (χ4n) is 3.62. The van der Waals surface area contributed by atoms with Crippen LogP contribution in [0.2, 0.25) is 0 Å². The molecular formula is C20H43IN4O. The smallest absolute Gasteiger partial charge is 0.191 e. The summed E-state index contributed by atoms with van der Waals surface area (Å²) in [6, 6.07) is 0. The van der Waals surface area contributed by atoms with Crippen molar-refractivity contribution in [3.63, 3.8) is 0 Å². The predicted octanol–water partition coefficient (Wildman–Crippen LogP) is 3.33. The number of guanidine groups is 1. The Labute approximate surface area is 178 Å². The first-order chi connectivity index (χ1) is 12.0. The van der Waals surface area contributed by atoms with Crippen LogP contribution >= 0.6 is 24.0 Å². The number of halogens is 1. The molecule has 0 aromatic rings. The number of aliphatic imine (C=N–C) groups is 1. The standard InChI is InChI=1S/C20H42N4O.HI/c1-5-21-20(23-15-19(9-12-25)13-17(2)3)22-14-18(4)16-24-10-7-6-8-11-24;/h17-19,25H,5-16H2,1-4H3,(H2,21,22,23);1H. The summed E-state index contributed by atoms with van der Waals surface area (Å²) in [5.74, 6) is 2.65. The molecule has 0 spiro atoms. The van der Waals surface area contributed by atoms with Crippen LogP contribution in [0.5, 0.6) is 0 Å². The Hall–Kier alpha value is -0.0800. The number of hydrogen-bond acceptors (Lipinski definition) is 3. The highest BCUT2D eigenvalue weighted by Crippen LogP contribution is 2.14. The van der Waals surface area contributed by atoms with E-state index in [4.69, 9.17) is 4.99 Å². The van der Waals surface area contributed by atoms with Crippen LogP contribution in [-0.2, 0) is 0 Å². The van der Waals surface area contributed by atoms with Crippen molar-refractivity contribution in [2.45, 2.75) is 59.8 Å². The minimum absolute atomic E-state index is 0. The van der Waals surface area contributed by atoms with Crippen LogP contribution in [0.3, 0.4) is 0 Å². The molecule has 6 heteroatoms. The second-order valence-electron chi connectivity index (χ2n) is 8.07. The van der Waals surface area contributed by atoms with Gasteiger partial charge in [0.05, 0.1) is 0 Å². The van der Waals surface area contributed by atoms with E-state index in [1.54, 1.807) is 0 Å². The van der Waals surface area contributed by atoms with Crippen molar-refractivity contribution in [2.24, 2.45) is 22.7 Å². The molecule has 5 nitrogen and oxygen atoms in total. The molecule has 0 radical (unpaired) electrons. The van der Waals surface area contributed by atoms with E-state index >= 15 is 0 Å². The van der Waals surface area contributed by atoms with Crippen LogP contribution in [0.15, 0.2) is 4.99 Å². The molecule has 0 bridgehead atoms. The Bertz CT molecular complexity index is 360. The minimum Gasteiger partial charge on any atom is -0.396 e. The number of hydrogen-bond donors (Lipinski definition) is 3. The van der Waals surface area contributed by atoms with Crippen LogP contribution in [0.1, 0.15) is 59.8 Å². The average Bonchev–Trinajstić information content (AvgIpc) is 2.58. The molecule has 0 saturated carbocycles. The van der Waals surface area contributed by atoms with Crippen LogP contribution in [0.25, 0.3) is 0 Å². The molecule has 0 aromatic heterocycles. The molecule has 1 saturated heterocycles. The monoisotopic (exact) mass is 482 g/mol. The zero-order chi connectivity index (χ0) is 18.5. The molecule has 0 aliphatic carbocycles. The minimum atomic E-state index is 0. The maximum absolute atomic E-state index is 9.27. The zero-order valence-corrected chi connectivity index (χ0v) is 19.8. The molecular weight excluding hydrogens is 439 g/mol. The Morgan fingerprint density at radius 2 is 1.81 bits per heavy atom. The molecule has 1 fully saturated rings. The highest BCUT2D eigenvalue weighted by Gasteiger charge is 2.14. The first-order valence-electron chi connectivity index (χ1n) is 10.4. The normalized spacial score (nSPS) is 18.3. The second-order valence-corrected chi connectivity index (χ2v) is 8.07. The Morgan fingerprint density at radius 3 is 2.38 bits per heavy atom. The third-order valence-corrected chi connectivity index (χ3v) is 4.82. The topological polar surface area (TPSA) is 59.9 Å². The average molecular weight is 482 g/mol. The molecule has 2 unspecified atom stereocenters. The van der Waals surface area contributed by atoms with Gasteiger partial charge in [-0.3, -0.25) is 4.99 Å². The third-order valence-electron chi connectivity index (χ3n) is 4.82. The maximum atomic E-state index is 9.27. The van der Waals surface area contributed by atoms with E-state index < -0.39 is 0 Å². The molecule has 0 amide bonds. The van der Waals surface area contributed by atoms with E-state index in [1.165, 1.54) is 32.4 Å². The van der Waals surface area contributed by atoms with Gasteiger partial charge in [-0.15, -0.1) is 24.0 Å². The number of aliphatic hydroxyl groups excluding tert-OH is 1. The Balaban J connectivity index is 0.00000625. The van der Waals surface area contributed by atoms with E-state index in [2.05, 4.69) is 43.2 Å². The molecule has 3 N–H and O–H groups in total. The molecule has 156 valence electrons. The van der Waals surface area contributed by atoms with Gasteiger partial charge in [0.1, 0.15) is 0 Å². The van der Waals surface area contributed by atoms with Crippen molar-refractivity contribution >= 4 is 29.9 Å². The molecule has 1 rings (SSSR count). The van der Waals surface area contributed by atoms with E-state index in [-0.39, 0.29) is 30.6 Å². The van der Waals surface area contributed by atoms with Crippen LogP contribution < -0.4 is 10.6 Å². The fraction of sp³-hybridized carbons (Fsp3) is 0.950. The summed E-state index contributed by atoms with van der Waals surface area (Å²) in [4.78, 5) is 7.38. The number of nitrogens with one attached hydrogen (secondary N) is 2. The van der Waals surface area contributed by atoms with Crippen molar-refractivity contribution in [3.05, 3.63) is 0 Å². The van der Waals surface area contributed by atoms with Crippen LogP contribution in [0.4, 0.5) is 0 Å². The highest BCUT2D eigenvalue weighted by atomic mass is 127. The van der Waals surface area contributed by atoms with Gasteiger partial charge < -0.3 is 20.6 Å². The highest BCUT2D eigenvalue weighted by molar-refractivity contribution is 14.0. The summed E-state index contributed by atoms with van der Waals surface area (Å²) in [6.45, 7) is 15.4. The Kier molecular flexibility index (Phi) is 15.9. The van der Waals surface area contributed by atoms with E-state index in [0.29, 0.717) is 17.8 Å². The van der Waals surface area contributed by atoms with Crippen molar-refractivity contribution in [1.29, 1.82) is 0 Å². The van der Waals surface area contributed by atoms with Gasteiger partial charge in [-0.2, -0.15) is 0 Å². The van der Waals surface area contributed by atoms with Gasteiger partial charge in [-0.05, 0) is 63.5 Å². The molecule has 1 aliphatic heterocycles. The summed E-state index contributed by atoms with van der Waals surface area (Å²) in [6.07, 6.45) is 6.09. The van der Waals surface area contributed by atoms with Crippen molar-refractivity contribution in [1.82, 2.24) is 15.5 Å². The predicted molar refractivity (Wildman–Crippen MR) is 123 cm³/mol. The lowest BCUT2D eigenvalue weighted by Gasteiger charge is -2.28. The first-order valence-corrected chi connectivity index (χ1v) is 10.4. The first kappa shape index (κ1) is 25.9. The quantitative estimate of drug-likeness (QED) is 0.240. The van der Waals surface area contributed by atoms with E-state index in [1.807, 2.05) is 0 Å². The summed E-state index contributed by atoms with van der Waals surface area (Å²) in [5, 5.41) is 16.1. The van der Waals surface area contributed by atoms with Gasteiger partial charge in [-0.25, -0.2) is 0 Å². The summed E-state index contributed by atoms with van der Waals surface area (Å²) >= 11 is 0. The van der Waals surface area contributed by atoms with Gasteiger partial charge in [0.25, 0.3) is 0 Å². The number of likely N-dealkylation sites (tertiary alicyclic amines) is 1. The number of aliphatic hydroxyl groups is 1. The number of nitrogens with zero attached hydrogens (tertiary/aromatic N) is 2. The lowest BCUT2D eigenvalue weighted by molar-refractivity contribution is 0.203. The maximum Gasteiger partial charge on any atom is 0.191 e. The van der Waals surface area contributed by atoms with Crippen molar-refractivity contribution in [2.75, 3.05) is 45.9 Å². The van der Waals surface area contributed by atoms with Crippen LogP contribution in [-0.4, -0.2) is 61.8 Å². The van der Waals surface area contributed by atoms with Gasteiger partial charge in [0, 0.05) is 32.8 Å². The van der Waals surface area contributed by atoms with Gasteiger partial charge in [-0.1, -0.05) is 27.2 Å². The fourth-order valence-corrected chi connectivity index (χ4v) is 3.62. The molecule has 0 aromatic carbocycles. The summed E-state index contributed by atoms with van der Waals surface area (Å²) < 4.78 is 0. The van der Waals surface area contributed by atoms with E-state index in [0.717, 1.165) is 45.0 Å². The molecule has 2 atom stereocenters. The van der Waals surface area contributed by atoms with Gasteiger partial charge in [0.15, 0.2) is 5.96 Å². The number of piperidine rings is 1. The molecule has 1 heterocycles. The van der Waals surface area contributed by atoms with Gasteiger partial charge >= 0.3 is 0 Å². The lowest BCUT2D eigenvalue weighted by atomic mass is 9.94. The number of rotatable bonds is 11. The van der Waals surface area contributed by atoms with Crippen molar-refractivity contribution < 1.29 is 5.11 Å². The van der Waals surface area contributed by atoms with E-state index in [9.17, 15) is 5.11 Å². The molecule has 26 heavy (non-hydrogen) atoms. The van der Waals surface area contributed by atoms with Crippen LogP contribution in [0, 0.1) is 17.8 Å². The SMILES string of the molecule is CCNC(=NCC(C)CN1CCCCC1)NCC(CCO)CC(C)C.I.